The molecular formula is C40H39FN8O8. The first-order valence-corrected chi connectivity index (χ1v) is 18.3. The summed E-state index contributed by atoms with van der Waals surface area (Å²) < 4.78 is 35.8. The van der Waals surface area contributed by atoms with Crippen LogP contribution in [0.2, 0.25) is 0 Å². The number of pyridine rings is 3. The van der Waals surface area contributed by atoms with Gasteiger partial charge in [0.15, 0.2) is 5.76 Å². The Morgan fingerprint density at radius 2 is 1.91 bits per heavy atom. The molecule has 294 valence electrons. The molecule has 3 aromatic heterocycles. The van der Waals surface area contributed by atoms with Gasteiger partial charge < -0.3 is 37.6 Å². The zero-order valence-electron chi connectivity index (χ0n) is 32.3. The highest BCUT2D eigenvalue weighted by atomic mass is 19.1. The van der Waals surface area contributed by atoms with Crippen LogP contribution in [0.4, 0.5) is 26.2 Å². The topological polar surface area (TPSA) is 174 Å². The van der Waals surface area contributed by atoms with Crippen LogP contribution in [0.3, 0.4) is 0 Å². The van der Waals surface area contributed by atoms with Gasteiger partial charge in [-0.25, -0.2) is 33.6 Å². The molecule has 1 N–H and O–H groups in total. The van der Waals surface area contributed by atoms with Gasteiger partial charge in [-0.15, -0.1) is 0 Å². The van der Waals surface area contributed by atoms with Crippen molar-refractivity contribution in [1.82, 2.24) is 24.0 Å². The van der Waals surface area contributed by atoms with Crippen molar-refractivity contribution in [3.05, 3.63) is 85.9 Å². The van der Waals surface area contributed by atoms with Crippen LogP contribution in [0.25, 0.3) is 49.3 Å². The highest BCUT2D eigenvalue weighted by molar-refractivity contribution is 6.17. The number of likely N-dealkylation sites (N-methyl/N-ethyl adjacent to an activating group) is 1. The monoisotopic (exact) mass is 778 g/mol. The van der Waals surface area contributed by atoms with Crippen LogP contribution in [0.1, 0.15) is 49.1 Å². The van der Waals surface area contributed by atoms with E-state index < -0.39 is 40.3 Å². The van der Waals surface area contributed by atoms with Crippen molar-refractivity contribution in [3.63, 3.8) is 0 Å². The lowest BCUT2D eigenvalue weighted by Gasteiger charge is -2.32. The van der Waals surface area contributed by atoms with E-state index in [1.54, 1.807) is 57.8 Å². The van der Waals surface area contributed by atoms with Gasteiger partial charge in [-0.2, -0.15) is 0 Å². The van der Waals surface area contributed by atoms with Crippen molar-refractivity contribution in [2.75, 3.05) is 43.5 Å². The summed E-state index contributed by atoms with van der Waals surface area (Å²) in [6.45, 7) is 17.0. The number of nitrogens with zero attached hydrogens (tertiary/aromatic N) is 8. The average molecular weight is 779 g/mol. The number of rotatable bonds is 6. The number of benzene rings is 1. The fraction of sp³-hybridized carbons (Fsp3) is 0.375. The summed E-state index contributed by atoms with van der Waals surface area (Å²) in [5.74, 6) is -2.21. The Hall–Kier alpha value is -6.54. The molecule has 0 unspecified atom stereocenters. The van der Waals surface area contributed by atoms with E-state index in [9.17, 15) is 24.3 Å². The zero-order chi connectivity index (χ0) is 40.8. The third kappa shape index (κ3) is 6.16. The molecule has 0 bridgehead atoms. The largest absolute Gasteiger partial charge is 0.519 e. The molecule has 16 nitrogen and oxygen atoms in total. The molecule has 0 aliphatic carbocycles. The summed E-state index contributed by atoms with van der Waals surface area (Å²) in [5.41, 5.74) is 0.0346. The summed E-state index contributed by atoms with van der Waals surface area (Å²) in [6.07, 6.45) is 4.63. The van der Waals surface area contributed by atoms with Crippen molar-refractivity contribution < 1.29 is 32.7 Å². The first-order valence-electron chi connectivity index (χ1n) is 18.3. The minimum atomic E-state index is -1.39. The minimum Gasteiger partial charge on any atom is -0.477 e. The molecule has 0 spiro atoms. The summed E-state index contributed by atoms with van der Waals surface area (Å²) in [4.78, 5) is 70.5. The number of anilines is 2. The number of fused-ring (bicyclic) bond motifs is 5. The highest BCUT2D eigenvalue weighted by Crippen LogP contribution is 2.53. The number of ether oxygens (including phenoxy) is 1. The number of amides is 1. The molecule has 1 amide bonds. The lowest BCUT2D eigenvalue weighted by atomic mass is 9.96. The van der Waals surface area contributed by atoms with Crippen LogP contribution in [0, 0.1) is 25.2 Å². The summed E-state index contributed by atoms with van der Waals surface area (Å²) in [7, 11) is 5.08. The molecule has 57 heavy (non-hydrogen) atoms. The van der Waals surface area contributed by atoms with Gasteiger partial charge in [0, 0.05) is 80.4 Å². The molecule has 4 aliphatic heterocycles. The van der Waals surface area contributed by atoms with E-state index in [2.05, 4.69) is 19.6 Å². The molecule has 8 rings (SSSR count). The number of aromatic carboxylic acids is 1. The van der Waals surface area contributed by atoms with Crippen LogP contribution in [-0.4, -0.2) is 86.5 Å². The molecule has 2 fully saturated rings. The fourth-order valence-electron chi connectivity index (χ4n) is 8.30. The SMILES string of the molecule is [C-]#[N+]c1c(F)cc(N(C)C(=O)OC(C)(C)C)c2nc3n(Cc4oc(=O)oc4C)cc(-c4cnc5c(c4)c(=O)c(C(=O)O)cn5C)c(N4CC[C@H]5CN(C)C[C@H]54)c-3c12. The van der Waals surface area contributed by atoms with Gasteiger partial charge in [0.05, 0.1) is 35.4 Å². The Bertz CT molecular complexity index is 2800. The molecule has 7 heterocycles. The van der Waals surface area contributed by atoms with Crippen LogP contribution in [0.5, 0.6) is 0 Å². The molecule has 2 saturated heterocycles. The van der Waals surface area contributed by atoms with Crippen LogP contribution in [-0.2, 0) is 18.3 Å². The lowest BCUT2D eigenvalue weighted by molar-refractivity contribution is 0.0588. The maximum absolute atomic E-state index is 16.4. The maximum Gasteiger partial charge on any atom is 0.519 e. The van der Waals surface area contributed by atoms with Crippen molar-refractivity contribution in [3.8, 4) is 22.5 Å². The van der Waals surface area contributed by atoms with E-state index in [-0.39, 0.29) is 69.2 Å². The summed E-state index contributed by atoms with van der Waals surface area (Å²) in [6, 6.07) is 2.68. The van der Waals surface area contributed by atoms with Gasteiger partial charge in [0.2, 0.25) is 11.1 Å². The van der Waals surface area contributed by atoms with Crippen LogP contribution < -0.4 is 21.1 Å². The number of carbonyl (C=O) groups is 2. The quantitative estimate of drug-likeness (QED) is 0.200. The molecule has 4 aliphatic rings. The number of aryl methyl sites for hydroxylation is 2. The number of carbonyl (C=O) groups excluding carboxylic acids is 1. The number of halogens is 1. The van der Waals surface area contributed by atoms with E-state index in [1.165, 1.54) is 17.8 Å². The Morgan fingerprint density at radius 1 is 1.16 bits per heavy atom. The normalized spacial score (nSPS) is 17.1. The Labute approximate surface area is 324 Å². The average Bonchev–Trinajstić information content (AvgIpc) is 3.90. The number of hydrogen-bond acceptors (Lipinski definition) is 11. The number of carboxylic acids is 1. The molecule has 0 radical (unpaired) electrons. The smallest absolute Gasteiger partial charge is 0.477 e. The minimum absolute atomic E-state index is 0.000597. The second-order valence-electron chi connectivity index (χ2n) is 15.8. The van der Waals surface area contributed by atoms with Gasteiger partial charge in [-0.1, -0.05) is 0 Å². The Kier molecular flexibility index (Phi) is 8.72. The van der Waals surface area contributed by atoms with Crippen LogP contribution in [0.15, 0.2) is 49.1 Å². The second kappa shape index (κ2) is 13.3. The van der Waals surface area contributed by atoms with E-state index in [0.29, 0.717) is 35.5 Å². The maximum atomic E-state index is 16.4. The standard InChI is InChI=1S/C40H39FN8O8/c1-19-28(56-39(54)55-19)18-48-16-23(21-11-22-34(50)24(37(51)52)15-46(7)35(22)43-13-21)33(49-10-9-20-14-45(6)17-27(20)49)30-29-31(42-5)25(41)12-26(32(29)44-36(30)48)47(8)38(53)57-40(2,3)4/h11-13,15-16,20,27H,9-10,14,17-18H2,1-4,6-8H3,(H,51,52)/t20-,27+/m0/s1. The number of hydrogen-bond donors (Lipinski definition) is 1. The van der Waals surface area contributed by atoms with Crippen molar-refractivity contribution >= 4 is 51.1 Å². The molecule has 0 saturated carbocycles. The number of aromatic nitrogens is 4. The molecular weight excluding hydrogens is 739 g/mol. The molecule has 1 aromatic carbocycles. The second-order valence-corrected chi connectivity index (χ2v) is 15.8. The van der Waals surface area contributed by atoms with Gasteiger partial charge in [0.25, 0.3) is 0 Å². The van der Waals surface area contributed by atoms with Crippen molar-refractivity contribution in [1.29, 1.82) is 0 Å². The lowest BCUT2D eigenvalue weighted by Crippen LogP contribution is -2.35. The van der Waals surface area contributed by atoms with Gasteiger partial charge in [-0.05, 0) is 59.2 Å². The van der Waals surface area contributed by atoms with E-state index >= 15 is 4.39 Å². The zero-order valence-corrected chi connectivity index (χ0v) is 32.3. The van der Waals surface area contributed by atoms with Gasteiger partial charge >= 0.3 is 17.9 Å². The van der Waals surface area contributed by atoms with Crippen molar-refractivity contribution in [2.24, 2.45) is 13.0 Å². The summed E-state index contributed by atoms with van der Waals surface area (Å²) >= 11 is 0. The third-order valence-electron chi connectivity index (χ3n) is 10.8. The Balaban J connectivity index is 1.52. The van der Waals surface area contributed by atoms with Gasteiger partial charge in [-0.3, -0.25) is 9.69 Å². The first kappa shape index (κ1) is 37.4. The Morgan fingerprint density at radius 3 is 2.58 bits per heavy atom. The molecule has 4 aromatic rings. The first-order chi connectivity index (χ1) is 26.9. The predicted octanol–water partition coefficient (Wildman–Crippen LogP) is 5.86. The number of likely N-dealkylation sites (tertiary alicyclic amines) is 1. The van der Waals surface area contributed by atoms with Gasteiger partial charge in [0.1, 0.15) is 34.2 Å². The molecule has 17 heteroatoms. The number of carboxylic acid groups (broad SMARTS) is 1. The third-order valence-corrected chi connectivity index (χ3v) is 10.8. The van der Waals surface area contributed by atoms with E-state index in [1.807, 2.05) is 7.05 Å². The van der Waals surface area contributed by atoms with E-state index in [0.717, 1.165) is 23.9 Å². The van der Waals surface area contributed by atoms with Crippen molar-refractivity contribution in [2.45, 2.75) is 52.3 Å². The molecule has 2 atom stereocenters. The van der Waals surface area contributed by atoms with Crippen LogP contribution >= 0.6 is 0 Å². The summed E-state index contributed by atoms with van der Waals surface area (Å²) in [5, 5.41) is 10.1. The van der Waals surface area contributed by atoms with E-state index in [4.69, 9.17) is 25.1 Å². The fourth-order valence-corrected chi connectivity index (χ4v) is 8.30. The highest BCUT2D eigenvalue weighted by Gasteiger charge is 2.43. The predicted molar refractivity (Wildman–Crippen MR) is 208 cm³/mol.